The van der Waals surface area contributed by atoms with E-state index in [-0.39, 0.29) is 0 Å². The molecule has 0 aromatic heterocycles. The van der Waals surface area contributed by atoms with Crippen molar-refractivity contribution in [3.63, 3.8) is 0 Å². The normalized spacial score (nSPS) is 24.6. The predicted molar refractivity (Wildman–Crippen MR) is 78.5 cm³/mol. The van der Waals surface area contributed by atoms with Gasteiger partial charge in [0.05, 0.1) is 0 Å². The monoisotopic (exact) mass is 265 g/mol. The van der Waals surface area contributed by atoms with Crippen LogP contribution in [0.15, 0.2) is 29.2 Å². The molecule has 1 saturated heterocycles. The van der Waals surface area contributed by atoms with Gasteiger partial charge in [0.1, 0.15) is 11.9 Å². The molecule has 0 amide bonds. The highest BCUT2D eigenvalue weighted by atomic mass is 32.2. The van der Waals surface area contributed by atoms with Gasteiger partial charge >= 0.3 is 0 Å². The number of hydrogen-bond donors (Lipinski definition) is 1. The quantitative estimate of drug-likeness (QED) is 0.841. The lowest BCUT2D eigenvalue weighted by Crippen LogP contribution is -2.29. The highest BCUT2D eigenvalue weighted by Crippen LogP contribution is 2.24. The Morgan fingerprint density at radius 2 is 2.11 bits per heavy atom. The molecule has 18 heavy (non-hydrogen) atoms. The van der Waals surface area contributed by atoms with Crippen LogP contribution in [-0.2, 0) is 0 Å². The van der Waals surface area contributed by atoms with Crippen molar-refractivity contribution in [1.29, 1.82) is 0 Å². The molecule has 2 unspecified atom stereocenters. The van der Waals surface area contributed by atoms with E-state index in [0.717, 1.165) is 31.0 Å². The van der Waals surface area contributed by atoms with Crippen LogP contribution in [0.5, 0.6) is 5.75 Å². The lowest BCUT2D eigenvalue weighted by atomic mass is 10.0. The molecule has 0 bridgehead atoms. The summed E-state index contributed by atoms with van der Waals surface area (Å²) in [5, 5.41) is 3.46. The third-order valence-electron chi connectivity index (χ3n) is 3.37. The van der Waals surface area contributed by atoms with Gasteiger partial charge in [0.2, 0.25) is 0 Å². The molecule has 1 N–H and O–H groups in total. The lowest BCUT2D eigenvalue weighted by molar-refractivity contribution is 0.141. The van der Waals surface area contributed by atoms with E-state index in [1.165, 1.54) is 11.3 Å². The first-order valence-electron chi connectivity index (χ1n) is 6.90. The molecule has 1 heterocycles. The third kappa shape index (κ3) is 3.92. The fourth-order valence-corrected chi connectivity index (χ4v) is 2.97. The summed E-state index contributed by atoms with van der Waals surface area (Å²) in [6.07, 6.45) is 2.71. The molecule has 0 radical (unpaired) electrons. The van der Waals surface area contributed by atoms with Gasteiger partial charge in [0.15, 0.2) is 0 Å². The van der Waals surface area contributed by atoms with Crippen LogP contribution in [0.4, 0.5) is 0 Å². The van der Waals surface area contributed by atoms with Gasteiger partial charge in [-0.1, -0.05) is 13.8 Å². The fourth-order valence-electron chi connectivity index (χ4n) is 2.30. The van der Waals surface area contributed by atoms with E-state index in [2.05, 4.69) is 43.4 Å². The van der Waals surface area contributed by atoms with Gasteiger partial charge in [-0.25, -0.2) is 0 Å². The summed E-state index contributed by atoms with van der Waals surface area (Å²) in [4.78, 5) is 1.32. The number of nitrogens with one attached hydrogen (secondary N) is 1. The Morgan fingerprint density at radius 3 is 2.83 bits per heavy atom. The maximum absolute atomic E-state index is 6.13. The zero-order valence-corrected chi connectivity index (χ0v) is 12.1. The van der Waals surface area contributed by atoms with Gasteiger partial charge in [-0.2, -0.15) is 0 Å². The van der Waals surface area contributed by atoms with Gasteiger partial charge < -0.3 is 10.1 Å². The third-order valence-corrected chi connectivity index (χ3v) is 4.26. The molecule has 1 aliphatic heterocycles. The standard InChI is InChI=1S/C15H23NOS/c1-3-18-14-8-6-13(7-9-14)17-15-5-4-10-16-11-12(15)2/h6-9,12,15-16H,3-5,10-11H2,1-2H3. The van der Waals surface area contributed by atoms with Gasteiger partial charge in [0, 0.05) is 17.4 Å². The molecule has 0 aliphatic carbocycles. The second-order valence-electron chi connectivity index (χ2n) is 4.88. The number of hydrogen-bond acceptors (Lipinski definition) is 3. The van der Waals surface area contributed by atoms with Gasteiger partial charge in [0.25, 0.3) is 0 Å². The summed E-state index contributed by atoms with van der Waals surface area (Å²) >= 11 is 1.87. The average Bonchev–Trinajstić information content (AvgIpc) is 2.58. The van der Waals surface area contributed by atoms with Gasteiger partial charge in [-0.05, 0) is 49.4 Å². The number of thioether (sulfide) groups is 1. The molecule has 0 spiro atoms. The summed E-state index contributed by atoms with van der Waals surface area (Å²) in [7, 11) is 0. The zero-order valence-electron chi connectivity index (χ0n) is 11.3. The van der Waals surface area contributed by atoms with Crippen LogP contribution in [0, 0.1) is 5.92 Å². The van der Waals surface area contributed by atoms with Crippen LogP contribution in [0.25, 0.3) is 0 Å². The molecule has 2 rings (SSSR count). The maximum atomic E-state index is 6.13. The highest BCUT2D eigenvalue weighted by Gasteiger charge is 2.21. The lowest BCUT2D eigenvalue weighted by Gasteiger charge is -2.22. The molecule has 3 heteroatoms. The maximum Gasteiger partial charge on any atom is 0.119 e. The Balaban J connectivity index is 1.94. The summed E-state index contributed by atoms with van der Waals surface area (Å²) in [6, 6.07) is 8.51. The Bertz CT molecular complexity index is 352. The van der Waals surface area contributed by atoms with E-state index in [9.17, 15) is 0 Å². The van der Waals surface area contributed by atoms with E-state index in [1.807, 2.05) is 11.8 Å². The Hall–Kier alpha value is -0.670. The van der Waals surface area contributed by atoms with E-state index in [0.29, 0.717) is 12.0 Å². The van der Waals surface area contributed by atoms with Crippen LogP contribution < -0.4 is 10.1 Å². The zero-order chi connectivity index (χ0) is 12.8. The summed E-state index contributed by atoms with van der Waals surface area (Å²) in [6.45, 7) is 6.63. The van der Waals surface area contributed by atoms with Crippen LogP contribution >= 0.6 is 11.8 Å². The Morgan fingerprint density at radius 1 is 1.33 bits per heavy atom. The molecular weight excluding hydrogens is 242 g/mol. The van der Waals surface area contributed by atoms with Crippen molar-refractivity contribution in [2.45, 2.75) is 37.7 Å². The molecule has 2 nitrogen and oxygen atoms in total. The molecule has 1 fully saturated rings. The SMILES string of the molecule is CCSc1ccc(OC2CCCNCC2C)cc1. The first kappa shape index (κ1) is 13.8. The molecular formula is C15H23NOS. The predicted octanol–water partition coefficient (Wildman–Crippen LogP) is 3.57. The second kappa shape index (κ2) is 7.05. The van der Waals surface area contributed by atoms with E-state index in [1.54, 1.807) is 0 Å². The van der Waals surface area contributed by atoms with Gasteiger partial charge in [-0.15, -0.1) is 11.8 Å². The van der Waals surface area contributed by atoms with Crippen molar-refractivity contribution < 1.29 is 4.74 Å². The van der Waals surface area contributed by atoms with Crippen LogP contribution in [-0.4, -0.2) is 24.9 Å². The van der Waals surface area contributed by atoms with Crippen LogP contribution in [0.2, 0.25) is 0 Å². The summed E-state index contributed by atoms with van der Waals surface area (Å²) in [5.74, 6) is 2.71. The van der Waals surface area contributed by atoms with Crippen molar-refractivity contribution >= 4 is 11.8 Å². The van der Waals surface area contributed by atoms with E-state index < -0.39 is 0 Å². The topological polar surface area (TPSA) is 21.3 Å². The van der Waals surface area contributed by atoms with Crippen molar-refractivity contribution in [1.82, 2.24) is 5.32 Å². The minimum atomic E-state index is 0.352. The fraction of sp³-hybridized carbons (Fsp3) is 0.600. The van der Waals surface area contributed by atoms with Crippen molar-refractivity contribution in [2.75, 3.05) is 18.8 Å². The van der Waals surface area contributed by atoms with Crippen molar-refractivity contribution in [3.05, 3.63) is 24.3 Å². The van der Waals surface area contributed by atoms with Crippen LogP contribution in [0.1, 0.15) is 26.7 Å². The molecule has 2 atom stereocenters. The Kier molecular flexibility index (Phi) is 5.39. The first-order chi connectivity index (χ1) is 8.79. The largest absolute Gasteiger partial charge is 0.490 e. The summed E-state index contributed by atoms with van der Waals surface area (Å²) in [5.41, 5.74) is 0. The number of ether oxygens (including phenoxy) is 1. The summed E-state index contributed by atoms with van der Waals surface area (Å²) < 4.78 is 6.13. The molecule has 1 aromatic rings. The van der Waals surface area contributed by atoms with E-state index in [4.69, 9.17) is 4.74 Å². The van der Waals surface area contributed by atoms with E-state index >= 15 is 0 Å². The van der Waals surface area contributed by atoms with Crippen molar-refractivity contribution in [3.8, 4) is 5.75 Å². The van der Waals surface area contributed by atoms with Crippen molar-refractivity contribution in [2.24, 2.45) is 5.92 Å². The number of rotatable bonds is 4. The smallest absolute Gasteiger partial charge is 0.119 e. The highest BCUT2D eigenvalue weighted by molar-refractivity contribution is 7.99. The first-order valence-corrected chi connectivity index (χ1v) is 7.88. The minimum absolute atomic E-state index is 0.352. The average molecular weight is 265 g/mol. The molecule has 100 valence electrons. The Labute approximate surface area is 114 Å². The van der Waals surface area contributed by atoms with Crippen LogP contribution in [0.3, 0.4) is 0 Å². The molecule has 1 aromatic carbocycles. The number of benzene rings is 1. The minimum Gasteiger partial charge on any atom is -0.490 e. The second-order valence-corrected chi connectivity index (χ2v) is 6.22. The molecule has 1 aliphatic rings. The van der Waals surface area contributed by atoms with Gasteiger partial charge in [-0.3, -0.25) is 0 Å². The molecule has 0 saturated carbocycles.